The first-order valence-electron chi connectivity index (χ1n) is 5.72. The maximum absolute atomic E-state index is 9.68. The van der Waals surface area contributed by atoms with Crippen LogP contribution in [-0.2, 0) is 6.42 Å². The number of hydrogen-bond acceptors (Lipinski definition) is 4. The van der Waals surface area contributed by atoms with Crippen LogP contribution in [-0.4, -0.2) is 10.2 Å². The summed E-state index contributed by atoms with van der Waals surface area (Å²) in [5, 5.41) is 27.3. The molecule has 2 aromatic carbocycles. The molecule has 0 bridgehead atoms. The van der Waals surface area contributed by atoms with E-state index in [-0.39, 0.29) is 11.5 Å². The molecule has 0 aliphatic heterocycles. The fourth-order valence-corrected chi connectivity index (χ4v) is 1.58. The van der Waals surface area contributed by atoms with E-state index in [2.05, 4.69) is 10.2 Å². The standard InChI is InChI=1S/C14H14N2O2/c1-2-10-8-12(14(18)9-13(10)17)16-15-11-6-4-3-5-7-11/h3-9,17-18H,2H2,1H3. The number of phenolic OH excluding ortho intramolecular Hbond substituents is 2. The first-order valence-corrected chi connectivity index (χ1v) is 5.72. The highest BCUT2D eigenvalue weighted by molar-refractivity contribution is 5.57. The van der Waals surface area contributed by atoms with E-state index in [1.165, 1.54) is 6.07 Å². The molecule has 0 fully saturated rings. The zero-order valence-corrected chi connectivity index (χ0v) is 10.0. The first kappa shape index (κ1) is 12.1. The molecule has 0 saturated heterocycles. The molecule has 0 atom stereocenters. The van der Waals surface area contributed by atoms with Gasteiger partial charge in [0.2, 0.25) is 0 Å². The number of benzene rings is 2. The Morgan fingerprint density at radius 2 is 1.67 bits per heavy atom. The predicted octanol–water partition coefficient (Wildman–Crippen LogP) is 4.08. The fourth-order valence-electron chi connectivity index (χ4n) is 1.58. The van der Waals surface area contributed by atoms with Crippen molar-refractivity contribution in [2.75, 3.05) is 0 Å². The van der Waals surface area contributed by atoms with E-state index < -0.39 is 0 Å². The molecule has 2 N–H and O–H groups in total. The number of aryl methyl sites for hydroxylation is 1. The summed E-state index contributed by atoms with van der Waals surface area (Å²) in [5.41, 5.74) is 1.80. The van der Waals surface area contributed by atoms with Gasteiger partial charge in [-0.2, -0.15) is 5.11 Å². The molecule has 0 saturated carbocycles. The van der Waals surface area contributed by atoms with Crippen LogP contribution in [0.15, 0.2) is 52.7 Å². The third-order valence-corrected chi connectivity index (χ3v) is 2.59. The summed E-state index contributed by atoms with van der Waals surface area (Å²) < 4.78 is 0. The Labute approximate surface area is 105 Å². The van der Waals surface area contributed by atoms with Gasteiger partial charge < -0.3 is 10.2 Å². The van der Waals surface area contributed by atoms with E-state index in [9.17, 15) is 10.2 Å². The number of phenols is 2. The van der Waals surface area contributed by atoms with Crippen molar-refractivity contribution in [2.45, 2.75) is 13.3 Å². The van der Waals surface area contributed by atoms with Crippen LogP contribution in [0.4, 0.5) is 11.4 Å². The van der Waals surface area contributed by atoms with Crippen LogP contribution >= 0.6 is 0 Å². The van der Waals surface area contributed by atoms with Crippen molar-refractivity contribution in [1.82, 2.24) is 0 Å². The van der Waals surface area contributed by atoms with Gasteiger partial charge in [-0.3, -0.25) is 0 Å². The molecule has 4 nitrogen and oxygen atoms in total. The number of hydrogen-bond donors (Lipinski definition) is 2. The van der Waals surface area contributed by atoms with E-state index in [1.54, 1.807) is 6.07 Å². The normalized spacial score (nSPS) is 10.9. The predicted molar refractivity (Wildman–Crippen MR) is 69.8 cm³/mol. The van der Waals surface area contributed by atoms with Gasteiger partial charge in [-0.25, -0.2) is 0 Å². The van der Waals surface area contributed by atoms with Crippen LogP contribution in [0.5, 0.6) is 11.5 Å². The summed E-state index contributed by atoms with van der Waals surface area (Å²) in [7, 11) is 0. The zero-order chi connectivity index (χ0) is 13.0. The monoisotopic (exact) mass is 242 g/mol. The lowest BCUT2D eigenvalue weighted by molar-refractivity contribution is 0.447. The lowest BCUT2D eigenvalue weighted by Gasteiger charge is -2.04. The zero-order valence-electron chi connectivity index (χ0n) is 10.0. The molecule has 92 valence electrons. The van der Waals surface area contributed by atoms with Gasteiger partial charge in [0.25, 0.3) is 0 Å². The van der Waals surface area contributed by atoms with E-state index in [1.807, 2.05) is 37.3 Å². The second kappa shape index (κ2) is 5.31. The maximum Gasteiger partial charge on any atom is 0.146 e. The SMILES string of the molecule is CCc1cc(N=Nc2ccccc2)c(O)cc1O. The minimum absolute atomic E-state index is 0.0775. The van der Waals surface area contributed by atoms with Gasteiger partial charge in [0, 0.05) is 6.07 Å². The highest BCUT2D eigenvalue weighted by Crippen LogP contribution is 2.34. The van der Waals surface area contributed by atoms with Gasteiger partial charge in [-0.15, -0.1) is 5.11 Å². The molecule has 0 radical (unpaired) electrons. The van der Waals surface area contributed by atoms with E-state index >= 15 is 0 Å². The van der Waals surface area contributed by atoms with Gasteiger partial charge in [0.15, 0.2) is 0 Å². The Kier molecular flexibility index (Phi) is 3.57. The molecule has 0 aliphatic carbocycles. The quantitative estimate of drug-likeness (QED) is 0.796. The average Bonchev–Trinajstić information content (AvgIpc) is 2.39. The Hall–Kier alpha value is -2.36. The van der Waals surface area contributed by atoms with Gasteiger partial charge in [-0.1, -0.05) is 25.1 Å². The van der Waals surface area contributed by atoms with Crippen LogP contribution in [0, 0.1) is 0 Å². The second-order valence-corrected chi connectivity index (χ2v) is 3.86. The Balaban J connectivity index is 2.32. The summed E-state index contributed by atoms with van der Waals surface area (Å²) in [6, 6.07) is 12.2. The molecule has 0 spiro atoms. The molecule has 18 heavy (non-hydrogen) atoms. The Morgan fingerprint density at radius 1 is 0.944 bits per heavy atom. The lowest BCUT2D eigenvalue weighted by Crippen LogP contribution is -1.81. The number of azo groups is 1. The minimum Gasteiger partial charge on any atom is -0.508 e. The Bertz CT molecular complexity index is 566. The molecule has 0 unspecified atom stereocenters. The van der Waals surface area contributed by atoms with Crippen LogP contribution in [0.2, 0.25) is 0 Å². The molecule has 2 aromatic rings. The van der Waals surface area contributed by atoms with Crippen molar-refractivity contribution < 1.29 is 10.2 Å². The van der Waals surface area contributed by atoms with Crippen molar-refractivity contribution in [3.8, 4) is 11.5 Å². The van der Waals surface area contributed by atoms with Crippen molar-refractivity contribution in [1.29, 1.82) is 0 Å². The highest BCUT2D eigenvalue weighted by atomic mass is 16.3. The van der Waals surface area contributed by atoms with Crippen molar-refractivity contribution in [2.24, 2.45) is 10.2 Å². The maximum atomic E-state index is 9.68. The third kappa shape index (κ3) is 2.66. The molecular formula is C14H14N2O2. The van der Waals surface area contributed by atoms with Gasteiger partial charge in [0.1, 0.15) is 17.2 Å². The first-order chi connectivity index (χ1) is 8.70. The lowest BCUT2D eigenvalue weighted by atomic mass is 10.1. The van der Waals surface area contributed by atoms with Crippen molar-refractivity contribution >= 4 is 11.4 Å². The van der Waals surface area contributed by atoms with Crippen LogP contribution < -0.4 is 0 Å². The van der Waals surface area contributed by atoms with E-state index in [0.717, 1.165) is 5.56 Å². The fraction of sp³-hybridized carbons (Fsp3) is 0.143. The van der Waals surface area contributed by atoms with Crippen LogP contribution in [0.1, 0.15) is 12.5 Å². The summed E-state index contributed by atoms with van der Waals surface area (Å²) in [6.07, 6.45) is 0.667. The topological polar surface area (TPSA) is 65.2 Å². The molecule has 0 heterocycles. The molecular weight excluding hydrogens is 228 g/mol. The van der Waals surface area contributed by atoms with Gasteiger partial charge in [0.05, 0.1) is 5.69 Å². The second-order valence-electron chi connectivity index (χ2n) is 3.86. The average molecular weight is 242 g/mol. The molecule has 4 heteroatoms. The highest BCUT2D eigenvalue weighted by Gasteiger charge is 2.06. The Morgan fingerprint density at radius 3 is 2.33 bits per heavy atom. The van der Waals surface area contributed by atoms with E-state index in [0.29, 0.717) is 17.8 Å². The van der Waals surface area contributed by atoms with E-state index in [4.69, 9.17) is 0 Å². The number of nitrogens with zero attached hydrogens (tertiary/aromatic N) is 2. The molecule has 0 aliphatic rings. The summed E-state index contributed by atoms with van der Waals surface area (Å²) in [6.45, 7) is 1.92. The molecule has 0 aromatic heterocycles. The summed E-state index contributed by atoms with van der Waals surface area (Å²) in [5.74, 6) is -0.00181. The largest absolute Gasteiger partial charge is 0.508 e. The summed E-state index contributed by atoms with van der Waals surface area (Å²) >= 11 is 0. The number of aromatic hydroxyl groups is 2. The smallest absolute Gasteiger partial charge is 0.146 e. The number of rotatable bonds is 3. The van der Waals surface area contributed by atoms with Gasteiger partial charge in [-0.05, 0) is 30.2 Å². The van der Waals surface area contributed by atoms with Crippen molar-refractivity contribution in [3.63, 3.8) is 0 Å². The van der Waals surface area contributed by atoms with Crippen LogP contribution in [0.3, 0.4) is 0 Å². The molecule has 2 rings (SSSR count). The minimum atomic E-state index is -0.0793. The molecule has 0 amide bonds. The third-order valence-electron chi connectivity index (χ3n) is 2.59. The van der Waals surface area contributed by atoms with Crippen molar-refractivity contribution in [3.05, 3.63) is 48.0 Å². The van der Waals surface area contributed by atoms with Gasteiger partial charge >= 0.3 is 0 Å². The summed E-state index contributed by atoms with van der Waals surface area (Å²) in [4.78, 5) is 0. The van der Waals surface area contributed by atoms with Crippen LogP contribution in [0.25, 0.3) is 0 Å².